The molecule has 2 N–H and O–H groups in total. The molecular formula is C11H17BrN2O4S2. The van der Waals surface area contributed by atoms with E-state index in [4.69, 9.17) is 5.11 Å². The molecule has 9 heteroatoms. The van der Waals surface area contributed by atoms with E-state index < -0.39 is 16.0 Å². The Hall–Kier alpha value is -0.480. The number of sulfonamides is 1. The van der Waals surface area contributed by atoms with Gasteiger partial charge in [-0.1, -0.05) is 0 Å². The van der Waals surface area contributed by atoms with Gasteiger partial charge in [0.25, 0.3) is 0 Å². The zero-order valence-electron chi connectivity index (χ0n) is 11.2. The number of halogens is 1. The first-order valence-corrected chi connectivity index (χ1v) is 9.00. The highest BCUT2D eigenvalue weighted by molar-refractivity contribution is 9.11. The van der Waals surface area contributed by atoms with Gasteiger partial charge in [0.2, 0.25) is 10.0 Å². The van der Waals surface area contributed by atoms with Crippen molar-refractivity contribution >= 4 is 43.3 Å². The summed E-state index contributed by atoms with van der Waals surface area (Å²) in [5.74, 6) is -1.14. The second-order valence-corrected chi connectivity index (χ2v) is 8.57. The van der Waals surface area contributed by atoms with Crippen LogP contribution in [0, 0.1) is 0 Å². The van der Waals surface area contributed by atoms with Crippen LogP contribution in [0.5, 0.6) is 0 Å². The van der Waals surface area contributed by atoms with Crippen LogP contribution in [0.15, 0.2) is 14.7 Å². The summed E-state index contributed by atoms with van der Waals surface area (Å²) < 4.78 is 26.9. The van der Waals surface area contributed by atoms with Crippen LogP contribution in [0.3, 0.4) is 0 Å². The highest BCUT2D eigenvalue weighted by Crippen LogP contribution is 2.31. The quantitative estimate of drug-likeness (QED) is 0.667. The third-order valence-electron chi connectivity index (χ3n) is 2.48. The monoisotopic (exact) mass is 384 g/mol. The molecule has 0 unspecified atom stereocenters. The summed E-state index contributed by atoms with van der Waals surface area (Å²) in [6.07, 6.45) is 1.62. The molecule has 0 radical (unpaired) electrons. The summed E-state index contributed by atoms with van der Waals surface area (Å²) in [5, 5.41) is 8.86. The van der Waals surface area contributed by atoms with Crippen molar-refractivity contribution in [2.45, 2.75) is 17.7 Å². The maximum Gasteiger partial charge on any atom is 0.345 e. The Morgan fingerprint density at radius 2 is 2.10 bits per heavy atom. The molecule has 0 saturated heterocycles. The van der Waals surface area contributed by atoms with E-state index >= 15 is 0 Å². The molecule has 6 nitrogen and oxygen atoms in total. The molecule has 0 aromatic carbocycles. The lowest BCUT2D eigenvalue weighted by Gasteiger charge is -2.09. The van der Waals surface area contributed by atoms with Crippen LogP contribution in [-0.4, -0.2) is 51.6 Å². The van der Waals surface area contributed by atoms with Crippen LogP contribution in [-0.2, 0) is 10.0 Å². The van der Waals surface area contributed by atoms with Gasteiger partial charge in [-0.05, 0) is 55.5 Å². The minimum absolute atomic E-state index is 0.00939. The molecule has 20 heavy (non-hydrogen) atoms. The number of carboxylic acids is 1. The molecule has 0 atom stereocenters. The summed E-state index contributed by atoms with van der Waals surface area (Å²) in [7, 11) is 0.249. The third-order valence-corrected chi connectivity index (χ3v) is 6.18. The normalized spacial score (nSPS) is 12.0. The average molecular weight is 385 g/mol. The van der Waals surface area contributed by atoms with E-state index in [2.05, 4.69) is 20.7 Å². The van der Waals surface area contributed by atoms with Gasteiger partial charge < -0.3 is 10.0 Å². The number of nitrogens with zero attached hydrogens (tertiary/aromatic N) is 1. The standard InChI is InChI=1S/C11H17BrN2O4S2/c1-14(2)6-4-3-5-13-20(17,18)9-7-8(11(15)16)19-10(9)12/h7,13H,3-6H2,1-2H3,(H,15,16). The molecule has 0 aliphatic heterocycles. The molecule has 0 spiro atoms. The summed E-state index contributed by atoms with van der Waals surface area (Å²) in [4.78, 5) is 12.8. The first kappa shape index (κ1) is 17.6. The summed E-state index contributed by atoms with van der Waals surface area (Å²) in [6, 6.07) is 1.17. The smallest absolute Gasteiger partial charge is 0.345 e. The van der Waals surface area contributed by atoms with E-state index in [9.17, 15) is 13.2 Å². The molecule has 0 bridgehead atoms. The average Bonchev–Trinajstić information content (AvgIpc) is 2.71. The third kappa shape index (κ3) is 5.13. The minimum atomic E-state index is -3.67. The Morgan fingerprint density at radius 1 is 1.45 bits per heavy atom. The van der Waals surface area contributed by atoms with E-state index in [-0.39, 0.29) is 9.77 Å². The van der Waals surface area contributed by atoms with Crippen molar-refractivity contribution in [3.05, 3.63) is 14.7 Å². The number of nitrogens with one attached hydrogen (secondary N) is 1. The number of carboxylic acid groups (broad SMARTS) is 1. The molecule has 0 aliphatic rings. The van der Waals surface area contributed by atoms with E-state index in [0.717, 1.165) is 30.7 Å². The molecule has 0 fully saturated rings. The molecule has 1 aromatic rings. The van der Waals surface area contributed by atoms with Gasteiger partial charge in [0.1, 0.15) is 9.77 Å². The number of hydrogen-bond acceptors (Lipinski definition) is 5. The molecule has 1 rings (SSSR count). The number of unbranched alkanes of at least 4 members (excludes halogenated alkanes) is 1. The van der Waals surface area contributed by atoms with Gasteiger partial charge in [-0.3, -0.25) is 0 Å². The minimum Gasteiger partial charge on any atom is -0.477 e. The van der Waals surface area contributed by atoms with E-state index in [1.807, 2.05) is 19.0 Å². The summed E-state index contributed by atoms with van der Waals surface area (Å²) in [5.41, 5.74) is 0. The van der Waals surface area contributed by atoms with Gasteiger partial charge >= 0.3 is 5.97 Å². The first-order chi connectivity index (χ1) is 9.24. The molecule has 0 saturated carbocycles. The number of aromatic carboxylic acids is 1. The van der Waals surface area contributed by atoms with E-state index in [1.54, 1.807) is 0 Å². The van der Waals surface area contributed by atoms with Crippen LogP contribution in [0.2, 0.25) is 0 Å². The Labute approximate surface area is 131 Å². The molecule has 114 valence electrons. The van der Waals surface area contributed by atoms with Crippen LogP contribution in [0.25, 0.3) is 0 Å². The van der Waals surface area contributed by atoms with Gasteiger partial charge in [-0.25, -0.2) is 17.9 Å². The van der Waals surface area contributed by atoms with Crippen molar-refractivity contribution in [2.24, 2.45) is 0 Å². The number of rotatable bonds is 8. The number of hydrogen-bond donors (Lipinski definition) is 2. The molecule has 1 heterocycles. The van der Waals surface area contributed by atoms with E-state index in [1.165, 1.54) is 6.07 Å². The lowest BCUT2D eigenvalue weighted by Crippen LogP contribution is -2.25. The predicted molar refractivity (Wildman–Crippen MR) is 82.0 cm³/mol. The Bertz CT molecular complexity index is 569. The summed E-state index contributed by atoms with van der Waals surface area (Å²) in [6.45, 7) is 1.23. The fourth-order valence-electron chi connectivity index (χ4n) is 1.48. The van der Waals surface area contributed by atoms with Crippen LogP contribution in [0.1, 0.15) is 22.5 Å². The second kappa shape index (κ2) is 7.51. The maximum atomic E-state index is 12.0. The van der Waals surface area contributed by atoms with Crippen molar-refractivity contribution in [1.29, 1.82) is 0 Å². The van der Waals surface area contributed by atoms with Crippen molar-refractivity contribution in [2.75, 3.05) is 27.2 Å². The Balaban J connectivity index is 2.63. The van der Waals surface area contributed by atoms with Gasteiger partial charge in [-0.15, -0.1) is 11.3 Å². The zero-order valence-corrected chi connectivity index (χ0v) is 14.4. The van der Waals surface area contributed by atoms with Gasteiger partial charge in [0.05, 0.1) is 3.79 Å². The molecule has 0 aliphatic carbocycles. The van der Waals surface area contributed by atoms with Crippen LogP contribution < -0.4 is 4.72 Å². The number of carbonyl (C=O) groups is 1. The Morgan fingerprint density at radius 3 is 2.60 bits per heavy atom. The SMILES string of the molecule is CN(C)CCCCNS(=O)(=O)c1cc(C(=O)O)sc1Br. The van der Waals surface area contributed by atoms with Gasteiger partial charge in [0, 0.05) is 6.54 Å². The lowest BCUT2D eigenvalue weighted by atomic mass is 10.3. The highest BCUT2D eigenvalue weighted by atomic mass is 79.9. The zero-order chi connectivity index (χ0) is 15.3. The first-order valence-electron chi connectivity index (χ1n) is 5.91. The van der Waals surface area contributed by atoms with Crippen LogP contribution in [0.4, 0.5) is 0 Å². The van der Waals surface area contributed by atoms with E-state index in [0.29, 0.717) is 10.3 Å². The van der Waals surface area contributed by atoms with Crippen molar-refractivity contribution in [1.82, 2.24) is 9.62 Å². The molecule has 1 aromatic heterocycles. The largest absolute Gasteiger partial charge is 0.477 e. The highest BCUT2D eigenvalue weighted by Gasteiger charge is 2.22. The lowest BCUT2D eigenvalue weighted by molar-refractivity contribution is 0.0702. The fraction of sp³-hybridized carbons (Fsp3) is 0.545. The van der Waals surface area contributed by atoms with Crippen molar-refractivity contribution in [3.63, 3.8) is 0 Å². The number of thiophene rings is 1. The Kier molecular flexibility index (Phi) is 6.59. The van der Waals surface area contributed by atoms with Gasteiger partial charge in [0.15, 0.2) is 0 Å². The maximum absolute atomic E-state index is 12.0. The van der Waals surface area contributed by atoms with Crippen LogP contribution >= 0.6 is 27.3 Å². The molecular weight excluding hydrogens is 368 g/mol. The van der Waals surface area contributed by atoms with Crippen molar-refractivity contribution in [3.8, 4) is 0 Å². The molecule has 0 amide bonds. The fourth-order valence-corrected chi connectivity index (χ4v) is 4.95. The topological polar surface area (TPSA) is 86.7 Å². The van der Waals surface area contributed by atoms with Gasteiger partial charge in [-0.2, -0.15) is 0 Å². The van der Waals surface area contributed by atoms with Crippen molar-refractivity contribution < 1.29 is 18.3 Å². The summed E-state index contributed by atoms with van der Waals surface area (Å²) >= 11 is 3.98. The second-order valence-electron chi connectivity index (χ2n) is 4.46. The predicted octanol–water partition coefficient (Wildman–Crippen LogP) is 1.83.